The lowest BCUT2D eigenvalue weighted by Gasteiger charge is -2.65. The molecule has 2 atom stereocenters. The molecule has 2 aliphatic heterocycles. The highest BCUT2D eigenvalue weighted by molar-refractivity contribution is 6.02. The van der Waals surface area contributed by atoms with Gasteiger partial charge in [0, 0.05) is 14.1 Å². The number of carbonyl (C=O) groups excluding carboxylic acids is 2. The van der Waals surface area contributed by atoms with E-state index in [0.717, 1.165) is 22.3 Å². The third kappa shape index (κ3) is 2.09. The summed E-state index contributed by atoms with van der Waals surface area (Å²) in [4.78, 5) is 28.5. The average Bonchev–Trinajstić information content (AvgIpc) is 2.66. The van der Waals surface area contributed by atoms with Gasteiger partial charge in [0.1, 0.15) is 11.0 Å². The number of amides is 3. The van der Waals surface area contributed by atoms with Crippen LogP contribution in [0.4, 0.5) is 4.79 Å². The van der Waals surface area contributed by atoms with Crippen molar-refractivity contribution in [2.24, 2.45) is 5.41 Å². The van der Waals surface area contributed by atoms with Crippen molar-refractivity contribution in [1.82, 2.24) is 9.80 Å². The standard InChI is InChI=1S/C22H24N2O3/c1-14-6-10-16(11-7-14)22(17-12-8-15(2)9-13-17)21(3)18(25)23(4)20(26)24(5)19(21)27-22/h6-13,19H,1-5H3/t19-,21-/m0/s1. The van der Waals surface area contributed by atoms with E-state index in [9.17, 15) is 9.59 Å². The maximum Gasteiger partial charge on any atom is 0.328 e. The third-order valence-corrected chi connectivity index (χ3v) is 6.12. The van der Waals surface area contributed by atoms with Crippen LogP contribution in [0.1, 0.15) is 29.2 Å². The molecule has 5 heteroatoms. The summed E-state index contributed by atoms with van der Waals surface area (Å²) in [5.41, 5.74) is 2.24. The molecule has 0 aliphatic carbocycles. The Kier molecular flexibility index (Phi) is 3.72. The average molecular weight is 364 g/mol. The monoisotopic (exact) mass is 364 g/mol. The second-order valence-corrected chi connectivity index (χ2v) is 7.84. The van der Waals surface area contributed by atoms with Gasteiger partial charge in [0.2, 0.25) is 5.91 Å². The normalized spacial score (nSPS) is 26.6. The van der Waals surface area contributed by atoms with Crippen LogP contribution in [0.5, 0.6) is 0 Å². The Balaban J connectivity index is 1.95. The zero-order chi connectivity index (χ0) is 19.6. The molecule has 140 valence electrons. The number of ether oxygens (including phenoxy) is 1. The van der Waals surface area contributed by atoms with Crippen LogP contribution in [-0.2, 0) is 15.1 Å². The molecule has 3 amide bonds. The minimum absolute atomic E-state index is 0.219. The summed E-state index contributed by atoms with van der Waals surface area (Å²) in [6, 6.07) is 15.8. The number of carbonyl (C=O) groups is 2. The fraction of sp³-hybridized carbons (Fsp3) is 0.364. The van der Waals surface area contributed by atoms with Gasteiger partial charge in [0.15, 0.2) is 6.23 Å². The van der Waals surface area contributed by atoms with E-state index in [0.29, 0.717) is 0 Å². The lowest BCUT2D eigenvalue weighted by Crippen LogP contribution is -2.80. The molecule has 0 radical (unpaired) electrons. The smallest absolute Gasteiger partial charge is 0.328 e. The predicted octanol–water partition coefficient (Wildman–Crippen LogP) is 3.43. The van der Waals surface area contributed by atoms with Crippen LogP contribution >= 0.6 is 0 Å². The van der Waals surface area contributed by atoms with Crippen LogP contribution in [-0.4, -0.2) is 42.1 Å². The van der Waals surface area contributed by atoms with Crippen molar-refractivity contribution >= 4 is 11.9 Å². The van der Waals surface area contributed by atoms with Crippen molar-refractivity contribution in [2.45, 2.75) is 32.6 Å². The van der Waals surface area contributed by atoms with E-state index in [1.807, 2.05) is 69.3 Å². The first-order valence-corrected chi connectivity index (χ1v) is 9.10. The quantitative estimate of drug-likeness (QED) is 0.820. The van der Waals surface area contributed by atoms with E-state index in [4.69, 9.17) is 4.74 Å². The van der Waals surface area contributed by atoms with E-state index in [2.05, 4.69) is 0 Å². The number of hydrogen-bond acceptors (Lipinski definition) is 3. The van der Waals surface area contributed by atoms with Crippen molar-refractivity contribution in [3.8, 4) is 0 Å². The van der Waals surface area contributed by atoms with Gasteiger partial charge in [0.05, 0.1) is 0 Å². The van der Waals surface area contributed by atoms with Gasteiger partial charge in [0.25, 0.3) is 0 Å². The molecule has 0 aromatic heterocycles. The first-order chi connectivity index (χ1) is 12.7. The molecule has 2 aliphatic rings. The number of aryl methyl sites for hydroxylation is 2. The summed E-state index contributed by atoms with van der Waals surface area (Å²) in [7, 11) is 3.22. The summed E-state index contributed by atoms with van der Waals surface area (Å²) < 4.78 is 6.44. The Hall–Kier alpha value is -2.66. The van der Waals surface area contributed by atoms with Crippen LogP contribution in [0.25, 0.3) is 0 Å². The molecule has 2 fully saturated rings. The van der Waals surface area contributed by atoms with Gasteiger partial charge in [-0.05, 0) is 31.9 Å². The summed E-state index contributed by atoms with van der Waals surface area (Å²) in [5.74, 6) is -0.219. The summed E-state index contributed by atoms with van der Waals surface area (Å²) in [6.07, 6.45) is -0.601. The third-order valence-electron chi connectivity index (χ3n) is 6.12. The Bertz CT molecular complexity index is 874. The zero-order valence-corrected chi connectivity index (χ0v) is 16.3. The number of hydrogen-bond donors (Lipinski definition) is 0. The number of nitrogens with zero attached hydrogens (tertiary/aromatic N) is 2. The summed E-state index contributed by atoms with van der Waals surface area (Å²) in [6.45, 7) is 5.96. The molecule has 27 heavy (non-hydrogen) atoms. The Morgan fingerprint density at radius 1 is 0.852 bits per heavy atom. The maximum atomic E-state index is 13.4. The van der Waals surface area contributed by atoms with Gasteiger partial charge in [-0.3, -0.25) is 9.69 Å². The highest BCUT2D eigenvalue weighted by Gasteiger charge is 2.75. The molecular weight excluding hydrogens is 340 g/mol. The van der Waals surface area contributed by atoms with Crippen LogP contribution in [0.15, 0.2) is 48.5 Å². The molecule has 5 nitrogen and oxygen atoms in total. The van der Waals surface area contributed by atoms with Crippen molar-refractivity contribution in [2.75, 3.05) is 14.1 Å². The predicted molar refractivity (Wildman–Crippen MR) is 102 cm³/mol. The number of imide groups is 1. The SMILES string of the molecule is Cc1ccc(C2(c3ccc(C)cc3)O[C@@H]3N(C)C(=O)N(C)C(=O)[C@@]32C)cc1. The molecule has 0 spiro atoms. The van der Waals surface area contributed by atoms with E-state index < -0.39 is 17.2 Å². The number of urea groups is 1. The number of benzene rings is 2. The van der Waals surface area contributed by atoms with Gasteiger partial charge in [-0.1, -0.05) is 59.7 Å². The van der Waals surface area contributed by atoms with E-state index >= 15 is 0 Å². The highest BCUT2D eigenvalue weighted by atomic mass is 16.6. The minimum atomic E-state index is -0.945. The first kappa shape index (κ1) is 17.7. The molecule has 2 aromatic rings. The minimum Gasteiger partial charge on any atom is -0.340 e. The largest absolute Gasteiger partial charge is 0.340 e. The van der Waals surface area contributed by atoms with Gasteiger partial charge >= 0.3 is 6.03 Å². The molecule has 0 saturated carbocycles. The zero-order valence-electron chi connectivity index (χ0n) is 16.3. The van der Waals surface area contributed by atoms with E-state index in [-0.39, 0.29) is 11.9 Å². The fourth-order valence-corrected chi connectivity index (χ4v) is 4.50. The maximum absolute atomic E-state index is 13.4. The Labute approximate surface area is 159 Å². The number of rotatable bonds is 2. The van der Waals surface area contributed by atoms with Crippen LogP contribution < -0.4 is 0 Å². The fourth-order valence-electron chi connectivity index (χ4n) is 4.50. The molecule has 4 rings (SSSR count). The first-order valence-electron chi connectivity index (χ1n) is 9.10. The van der Waals surface area contributed by atoms with Gasteiger partial charge in [-0.15, -0.1) is 0 Å². The number of fused-ring (bicyclic) bond motifs is 1. The lowest BCUT2D eigenvalue weighted by atomic mass is 9.58. The second-order valence-electron chi connectivity index (χ2n) is 7.84. The van der Waals surface area contributed by atoms with Crippen LogP contribution in [0.2, 0.25) is 0 Å². The molecule has 0 N–H and O–H groups in total. The molecule has 2 aromatic carbocycles. The van der Waals surface area contributed by atoms with Gasteiger partial charge < -0.3 is 9.64 Å². The molecule has 2 heterocycles. The summed E-state index contributed by atoms with van der Waals surface area (Å²) >= 11 is 0. The highest BCUT2D eigenvalue weighted by Crippen LogP contribution is 2.62. The van der Waals surface area contributed by atoms with E-state index in [1.165, 1.54) is 16.8 Å². The van der Waals surface area contributed by atoms with Crippen molar-refractivity contribution in [3.63, 3.8) is 0 Å². The van der Waals surface area contributed by atoms with Gasteiger partial charge in [-0.25, -0.2) is 4.79 Å². The molecule has 0 bridgehead atoms. The Morgan fingerprint density at radius 2 is 1.30 bits per heavy atom. The molecule has 0 unspecified atom stereocenters. The van der Waals surface area contributed by atoms with Crippen molar-refractivity contribution < 1.29 is 14.3 Å². The summed E-state index contributed by atoms with van der Waals surface area (Å²) in [5, 5.41) is 0. The Morgan fingerprint density at radius 3 is 1.74 bits per heavy atom. The van der Waals surface area contributed by atoms with Gasteiger partial charge in [-0.2, -0.15) is 0 Å². The van der Waals surface area contributed by atoms with Crippen LogP contribution in [0, 0.1) is 19.3 Å². The second kappa shape index (κ2) is 5.67. The van der Waals surface area contributed by atoms with Crippen molar-refractivity contribution in [3.05, 3.63) is 70.8 Å². The van der Waals surface area contributed by atoms with Crippen LogP contribution in [0.3, 0.4) is 0 Å². The molecule has 2 saturated heterocycles. The van der Waals surface area contributed by atoms with Crippen molar-refractivity contribution in [1.29, 1.82) is 0 Å². The lowest BCUT2D eigenvalue weighted by molar-refractivity contribution is -0.332. The molecular formula is C22H24N2O3. The van der Waals surface area contributed by atoms with E-state index in [1.54, 1.807) is 7.05 Å². The topological polar surface area (TPSA) is 49.9 Å².